The fourth-order valence-corrected chi connectivity index (χ4v) is 2.80. The molecule has 0 radical (unpaired) electrons. The van der Waals surface area contributed by atoms with Crippen LogP contribution < -0.4 is 23.7 Å². The molecule has 2 aromatic carbocycles. The number of rotatable bonds is 8. The molecule has 0 saturated carbocycles. The highest BCUT2D eigenvalue weighted by Gasteiger charge is 2.21. The Morgan fingerprint density at radius 1 is 0.815 bits per heavy atom. The van der Waals surface area contributed by atoms with Crippen LogP contribution >= 0.6 is 0 Å². The van der Waals surface area contributed by atoms with E-state index in [4.69, 9.17) is 23.7 Å². The number of hydrogen-bond acceptors (Lipinski definition) is 6. The van der Waals surface area contributed by atoms with Gasteiger partial charge in [-0.3, -0.25) is 4.79 Å². The molecule has 0 aromatic heterocycles. The van der Waals surface area contributed by atoms with E-state index in [0.717, 1.165) is 5.56 Å². The minimum Gasteiger partial charge on any atom is -0.497 e. The third kappa shape index (κ3) is 4.19. The summed E-state index contributed by atoms with van der Waals surface area (Å²) in [7, 11) is 9.44. The van der Waals surface area contributed by atoms with Crippen molar-refractivity contribution in [3.05, 3.63) is 41.5 Å². The first kappa shape index (κ1) is 20.2. The van der Waals surface area contributed by atoms with E-state index in [1.165, 1.54) is 7.11 Å². The van der Waals surface area contributed by atoms with E-state index >= 15 is 0 Å². The van der Waals surface area contributed by atoms with Crippen molar-refractivity contribution in [1.82, 2.24) is 4.90 Å². The minimum atomic E-state index is -0.189. The Balaban J connectivity index is 2.32. The molecule has 0 atom stereocenters. The fourth-order valence-electron chi connectivity index (χ4n) is 2.80. The maximum absolute atomic E-state index is 12.9. The van der Waals surface area contributed by atoms with Gasteiger partial charge in [0, 0.05) is 25.2 Å². The minimum absolute atomic E-state index is 0.189. The maximum Gasteiger partial charge on any atom is 0.257 e. The van der Waals surface area contributed by atoms with Crippen molar-refractivity contribution < 1.29 is 28.5 Å². The van der Waals surface area contributed by atoms with Crippen LogP contribution in [0.1, 0.15) is 15.9 Å². The number of ether oxygens (including phenoxy) is 5. The number of hydrogen-bond donors (Lipinski definition) is 0. The first-order valence-electron chi connectivity index (χ1n) is 8.26. The van der Waals surface area contributed by atoms with Crippen LogP contribution in [0.2, 0.25) is 0 Å². The molecule has 0 saturated heterocycles. The number of carbonyl (C=O) groups is 1. The van der Waals surface area contributed by atoms with Crippen molar-refractivity contribution in [2.24, 2.45) is 0 Å². The summed E-state index contributed by atoms with van der Waals surface area (Å²) in [4.78, 5) is 14.5. The Morgan fingerprint density at radius 3 is 2.04 bits per heavy atom. The molecule has 0 spiro atoms. The van der Waals surface area contributed by atoms with E-state index in [-0.39, 0.29) is 5.91 Å². The van der Waals surface area contributed by atoms with Crippen molar-refractivity contribution >= 4 is 5.91 Å². The van der Waals surface area contributed by atoms with Gasteiger partial charge in [0.2, 0.25) is 5.75 Å². The number of nitrogens with zero attached hydrogens (tertiary/aromatic N) is 1. The van der Waals surface area contributed by atoms with Crippen molar-refractivity contribution in [2.45, 2.75) is 6.54 Å². The lowest BCUT2D eigenvalue weighted by molar-refractivity contribution is 0.0780. The zero-order valence-corrected chi connectivity index (χ0v) is 16.5. The summed E-state index contributed by atoms with van der Waals surface area (Å²) in [6.07, 6.45) is 0. The van der Waals surface area contributed by atoms with Gasteiger partial charge in [0.25, 0.3) is 5.91 Å². The molecule has 7 nitrogen and oxygen atoms in total. The third-order valence-electron chi connectivity index (χ3n) is 4.18. The van der Waals surface area contributed by atoms with Crippen LogP contribution in [-0.4, -0.2) is 53.4 Å². The highest BCUT2D eigenvalue weighted by molar-refractivity contribution is 5.97. The summed E-state index contributed by atoms with van der Waals surface area (Å²) in [5.41, 5.74) is 1.23. The standard InChI is InChI=1S/C20H25NO6/c1-21(20(22)15-9-8-14(23-2)11-17(15)25-4)12-13-7-10-16(24-3)19(27-6)18(13)26-5/h7-11H,12H2,1-6H3. The molecule has 0 bridgehead atoms. The number of amides is 1. The van der Waals surface area contributed by atoms with Gasteiger partial charge in [-0.05, 0) is 24.3 Å². The van der Waals surface area contributed by atoms with Crippen molar-refractivity contribution in [3.8, 4) is 28.7 Å². The molecule has 146 valence electrons. The zero-order valence-electron chi connectivity index (χ0n) is 16.5. The van der Waals surface area contributed by atoms with Crippen LogP contribution in [0, 0.1) is 0 Å². The molecule has 0 aliphatic rings. The van der Waals surface area contributed by atoms with Crippen molar-refractivity contribution in [2.75, 3.05) is 42.6 Å². The largest absolute Gasteiger partial charge is 0.497 e. The lowest BCUT2D eigenvalue weighted by Gasteiger charge is -2.22. The van der Waals surface area contributed by atoms with Crippen LogP contribution in [0.5, 0.6) is 28.7 Å². The number of benzene rings is 2. The summed E-state index contributed by atoms with van der Waals surface area (Å²) in [5.74, 6) is 2.45. The second-order valence-corrected chi connectivity index (χ2v) is 5.72. The van der Waals surface area contributed by atoms with Crippen LogP contribution in [-0.2, 0) is 6.54 Å². The molecule has 0 heterocycles. The van der Waals surface area contributed by atoms with Crippen molar-refractivity contribution in [1.29, 1.82) is 0 Å². The van der Waals surface area contributed by atoms with E-state index in [1.807, 2.05) is 6.07 Å². The lowest BCUT2D eigenvalue weighted by Crippen LogP contribution is -2.27. The summed E-state index contributed by atoms with van der Waals surface area (Å²) < 4.78 is 26.7. The SMILES string of the molecule is COc1ccc(C(=O)N(C)Cc2ccc(OC)c(OC)c2OC)c(OC)c1. The molecule has 0 aliphatic carbocycles. The van der Waals surface area contributed by atoms with E-state index < -0.39 is 0 Å². The van der Waals surface area contributed by atoms with Gasteiger partial charge in [-0.2, -0.15) is 0 Å². The van der Waals surface area contributed by atoms with Gasteiger partial charge in [0.15, 0.2) is 11.5 Å². The van der Waals surface area contributed by atoms with E-state index in [9.17, 15) is 4.79 Å². The second kappa shape index (κ2) is 9.02. The summed E-state index contributed by atoms with van der Waals surface area (Å²) in [6.45, 7) is 0.317. The molecular formula is C20H25NO6. The van der Waals surface area contributed by atoms with Gasteiger partial charge in [0.1, 0.15) is 11.5 Å². The fraction of sp³-hybridized carbons (Fsp3) is 0.350. The lowest BCUT2D eigenvalue weighted by atomic mass is 10.1. The van der Waals surface area contributed by atoms with Gasteiger partial charge >= 0.3 is 0 Å². The molecular weight excluding hydrogens is 350 g/mol. The van der Waals surface area contributed by atoms with Gasteiger partial charge < -0.3 is 28.6 Å². The summed E-state index contributed by atoms with van der Waals surface area (Å²) in [6, 6.07) is 8.71. The Morgan fingerprint density at radius 2 is 1.48 bits per heavy atom. The molecule has 27 heavy (non-hydrogen) atoms. The van der Waals surface area contributed by atoms with Crippen LogP contribution in [0.25, 0.3) is 0 Å². The van der Waals surface area contributed by atoms with Crippen molar-refractivity contribution in [3.63, 3.8) is 0 Å². The third-order valence-corrected chi connectivity index (χ3v) is 4.18. The Bertz CT molecular complexity index is 805. The van der Waals surface area contributed by atoms with Gasteiger partial charge in [-0.1, -0.05) is 0 Å². The van der Waals surface area contributed by atoms with E-state index in [1.54, 1.807) is 64.7 Å². The molecule has 2 aromatic rings. The summed E-state index contributed by atoms with van der Waals surface area (Å²) in [5, 5.41) is 0. The smallest absolute Gasteiger partial charge is 0.257 e. The number of carbonyl (C=O) groups excluding carboxylic acids is 1. The highest BCUT2D eigenvalue weighted by atomic mass is 16.5. The molecule has 7 heteroatoms. The molecule has 2 rings (SSSR count). The number of methoxy groups -OCH3 is 5. The van der Waals surface area contributed by atoms with E-state index in [2.05, 4.69) is 0 Å². The Kier molecular flexibility index (Phi) is 6.76. The monoisotopic (exact) mass is 375 g/mol. The van der Waals surface area contributed by atoms with E-state index in [0.29, 0.717) is 40.9 Å². The Labute approximate surface area is 159 Å². The molecule has 0 N–H and O–H groups in total. The first-order chi connectivity index (χ1) is 13.0. The van der Waals surface area contributed by atoms with Crippen LogP contribution in [0.3, 0.4) is 0 Å². The van der Waals surface area contributed by atoms with Gasteiger partial charge in [-0.25, -0.2) is 0 Å². The second-order valence-electron chi connectivity index (χ2n) is 5.72. The first-order valence-corrected chi connectivity index (χ1v) is 8.26. The van der Waals surface area contributed by atoms with Gasteiger partial charge in [-0.15, -0.1) is 0 Å². The predicted octanol–water partition coefficient (Wildman–Crippen LogP) is 3.00. The Hall–Kier alpha value is -3.09. The predicted molar refractivity (Wildman–Crippen MR) is 101 cm³/mol. The zero-order chi connectivity index (χ0) is 20.0. The molecule has 0 fully saturated rings. The van der Waals surface area contributed by atoms with Crippen LogP contribution in [0.15, 0.2) is 30.3 Å². The maximum atomic E-state index is 12.9. The van der Waals surface area contributed by atoms with Crippen LogP contribution in [0.4, 0.5) is 0 Å². The normalized spacial score (nSPS) is 10.1. The topological polar surface area (TPSA) is 66.5 Å². The van der Waals surface area contributed by atoms with Gasteiger partial charge in [0.05, 0.1) is 41.1 Å². The quantitative estimate of drug-likeness (QED) is 0.707. The molecule has 0 unspecified atom stereocenters. The molecule has 1 amide bonds. The highest BCUT2D eigenvalue weighted by Crippen LogP contribution is 2.40. The molecule has 0 aliphatic heterocycles. The average Bonchev–Trinajstić information content (AvgIpc) is 2.71. The average molecular weight is 375 g/mol. The summed E-state index contributed by atoms with van der Waals surface area (Å²) >= 11 is 0.